The van der Waals surface area contributed by atoms with Gasteiger partial charge in [0, 0.05) is 18.7 Å². The lowest BCUT2D eigenvalue weighted by Gasteiger charge is -2.17. The Kier molecular flexibility index (Phi) is 23.5. The van der Waals surface area contributed by atoms with E-state index < -0.39 is 0 Å². The Morgan fingerprint density at radius 2 is 1.12 bits per heavy atom. The summed E-state index contributed by atoms with van der Waals surface area (Å²) in [6.45, 7) is 11.4. The minimum atomic E-state index is -0.252. The zero-order valence-electron chi connectivity index (χ0n) is 27.3. The maximum atomic E-state index is 13.3. The van der Waals surface area contributed by atoms with Crippen LogP contribution in [-0.4, -0.2) is 31.5 Å². The third-order valence-corrected chi connectivity index (χ3v) is 7.73. The van der Waals surface area contributed by atoms with Crippen molar-refractivity contribution in [3.8, 4) is 18.1 Å². The highest BCUT2D eigenvalue weighted by molar-refractivity contribution is 6.04. The largest absolute Gasteiger partial charge is 0.492 e. The average molecular weight is 593 g/mol. The number of ether oxygens (including phenoxy) is 1. The zero-order chi connectivity index (χ0) is 31.4. The lowest BCUT2D eigenvalue weighted by Crippen LogP contribution is -2.28. The summed E-state index contributed by atoms with van der Waals surface area (Å²) in [5, 5.41) is 6.04. The summed E-state index contributed by atoms with van der Waals surface area (Å²) in [7, 11) is 0. The molecule has 43 heavy (non-hydrogen) atoms. The van der Waals surface area contributed by atoms with Crippen molar-refractivity contribution in [2.24, 2.45) is 0 Å². The maximum Gasteiger partial charge on any atom is 0.255 e. The average Bonchev–Trinajstić information content (AvgIpc) is 3.02. The van der Waals surface area contributed by atoms with Crippen molar-refractivity contribution < 1.29 is 14.3 Å². The first-order chi connectivity index (χ1) is 21.1. The van der Waals surface area contributed by atoms with Gasteiger partial charge in [0.25, 0.3) is 11.8 Å². The smallest absolute Gasteiger partial charge is 0.255 e. The van der Waals surface area contributed by atoms with Crippen LogP contribution < -0.4 is 15.4 Å². The molecular formula is C38H60N2O3. The van der Waals surface area contributed by atoms with E-state index >= 15 is 0 Å². The minimum Gasteiger partial charge on any atom is -0.492 e. The number of benzene rings is 1. The summed E-state index contributed by atoms with van der Waals surface area (Å²) >= 11 is 0. The van der Waals surface area contributed by atoms with Crippen LogP contribution in [0.25, 0.3) is 0 Å². The topological polar surface area (TPSA) is 67.4 Å². The van der Waals surface area contributed by atoms with Gasteiger partial charge in [0.1, 0.15) is 5.75 Å². The van der Waals surface area contributed by atoms with Crippen LogP contribution in [0.5, 0.6) is 5.75 Å². The minimum absolute atomic E-state index is 0.252. The molecule has 2 N–H and O–H groups in total. The first-order valence-corrected chi connectivity index (χ1v) is 17.1. The molecule has 5 heteroatoms. The number of terminal acetylenes is 1. The van der Waals surface area contributed by atoms with Gasteiger partial charge in [-0.25, -0.2) is 0 Å². The molecule has 0 saturated heterocycles. The number of amides is 2. The fraction of sp³-hybridized carbons (Fsp3) is 0.632. The van der Waals surface area contributed by atoms with Crippen molar-refractivity contribution in [2.75, 3.05) is 19.7 Å². The lowest BCUT2D eigenvalue weighted by atomic mass is 10.0. The Bertz CT molecular complexity index is 907. The molecule has 0 atom stereocenters. The number of hydrogen-bond donors (Lipinski definition) is 2. The molecule has 0 saturated carbocycles. The van der Waals surface area contributed by atoms with Crippen molar-refractivity contribution in [1.82, 2.24) is 10.6 Å². The SMILES string of the molecule is C#Cc1cc(C(=O)NCCCCCCC=C)c(OCCCCCCCCCCCC)c(C(=O)NCCCCCCC=C)c1. The quantitative estimate of drug-likeness (QED) is 0.0578. The van der Waals surface area contributed by atoms with Crippen molar-refractivity contribution in [3.05, 3.63) is 54.1 Å². The number of allylic oxidation sites excluding steroid dienone is 2. The fourth-order valence-corrected chi connectivity index (χ4v) is 5.10. The van der Waals surface area contributed by atoms with E-state index in [1.807, 2.05) is 12.2 Å². The number of carbonyl (C=O) groups excluding carboxylic acids is 2. The molecule has 0 aliphatic rings. The van der Waals surface area contributed by atoms with Gasteiger partial charge in [0.2, 0.25) is 0 Å². The predicted octanol–water partition coefficient (Wildman–Crippen LogP) is 9.70. The third kappa shape index (κ3) is 18.3. The monoisotopic (exact) mass is 592 g/mol. The Labute approximate surface area is 263 Å². The number of rotatable bonds is 28. The number of nitrogens with one attached hydrogen (secondary N) is 2. The van der Waals surface area contributed by atoms with E-state index in [1.54, 1.807) is 12.1 Å². The van der Waals surface area contributed by atoms with Gasteiger partial charge in [0.05, 0.1) is 17.7 Å². The molecule has 240 valence electrons. The second-order valence-electron chi connectivity index (χ2n) is 11.6. The highest BCUT2D eigenvalue weighted by Gasteiger charge is 2.22. The molecule has 1 rings (SSSR count). The Morgan fingerprint density at radius 1 is 0.698 bits per heavy atom. The van der Waals surface area contributed by atoms with Gasteiger partial charge in [-0.1, -0.05) is 108 Å². The van der Waals surface area contributed by atoms with Gasteiger partial charge in [-0.3, -0.25) is 9.59 Å². The summed E-state index contributed by atoms with van der Waals surface area (Å²) in [4.78, 5) is 26.6. The molecule has 0 aliphatic carbocycles. The van der Waals surface area contributed by atoms with Crippen LogP contribution in [0.4, 0.5) is 0 Å². The molecular weight excluding hydrogens is 532 g/mol. The highest BCUT2D eigenvalue weighted by Crippen LogP contribution is 2.27. The van der Waals surface area contributed by atoms with Crippen LogP contribution in [0.3, 0.4) is 0 Å². The van der Waals surface area contributed by atoms with Gasteiger partial charge in [-0.05, 0) is 57.1 Å². The van der Waals surface area contributed by atoms with E-state index in [2.05, 4.69) is 36.6 Å². The van der Waals surface area contributed by atoms with E-state index in [4.69, 9.17) is 11.2 Å². The van der Waals surface area contributed by atoms with E-state index in [0.29, 0.717) is 42.1 Å². The Balaban J connectivity index is 2.81. The van der Waals surface area contributed by atoms with Crippen LogP contribution in [0.2, 0.25) is 0 Å². The molecule has 0 aliphatic heterocycles. The van der Waals surface area contributed by atoms with Crippen LogP contribution in [0, 0.1) is 12.3 Å². The molecule has 1 aromatic rings. The summed E-state index contributed by atoms with van der Waals surface area (Å²) in [6, 6.07) is 3.34. The summed E-state index contributed by atoms with van der Waals surface area (Å²) in [5.74, 6) is 2.45. The van der Waals surface area contributed by atoms with Crippen molar-refractivity contribution in [3.63, 3.8) is 0 Å². The molecule has 0 aromatic heterocycles. The van der Waals surface area contributed by atoms with Crippen LogP contribution in [0.1, 0.15) is 162 Å². The summed E-state index contributed by atoms with van der Waals surface area (Å²) < 4.78 is 6.22. The lowest BCUT2D eigenvalue weighted by molar-refractivity contribution is 0.0945. The molecule has 0 bridgehead atoms. The molecule has 0 fully saturated rings. The normalized spacial score (nSPS) is 10.6. The zero-order valence-corrected chi connectivity index (χ0v) is 27.3. The van der Waals surface area contributed by atoms with Gasteiger partial charge in [-0.15, -0.1) is 19.6 Å². The molecule has 1 aromatic carbocycles. The number of hydrogen-bond acceptors (Lipinski definition) is 3. The van der Waals surface area contributed by atoms with E-state index in [9.17, 15) is 9.59 Å². The maximum absolute atomic E-state index is 13.3. The van der Waals surface area contributed by atoms with Gasteiger partial charge >= 0.3 is 0 Å². The highest BCUT2D eigenvalue weighted by atomic mass is 16.5. The molecule has 0 radical (unpaired) electrons. The number of carbonyl (C=O) groups is 2. The van der Waals surface area contributed by atoms with Crippen molar-refractivity contribution in [2.45, 2.75) is 135 Å². The van der Waals surface area contributed by atoms with Crippen LogP contribution >= 0.6 is 0 Å². The van der Waals surface area contributed by atoms with Gasteiger partial charge < -0.3 is 15.4 Å². The first-order valence-electron chi connectivity index (χ1n) is 17.1. The van der Waals surface area contributed by atoms with Crippen molar-refractivity contribution in [1.29, 1.82) is 0 Å². The van der Waals surface area contributed by atoms with E-state index in [0.717, 1.165) is 77.0 Å². The summed E-state index contributed by atoms with van der Waals surface area (Å²) in [6.07, 6.45) is 32.3. The molecule has 0 spiro atoms. The van der Waals surface area contributed by atoms with Crippen molar-refractivity contribution >= 4 is 11.8 Å². The Hall–Kier alpha value is -3.00. The second-order valence-corrected chi connectivity index (χ2v) is 11.6. The van der Waals surface area contributed by atoms with Crippen LogP contribution in [-0.2, 0) is 0 Å². The first kappa shape index (κ1) is 38.0. The second kappa shape index (κ2) is 26.6. The van der Waals surface area contributed by atoms with Crippen LogP contribution in [0.15, 0.2) is 37.4 Å². The fourth-order valence-electron chi connectivity index (χ4n) is 5.10. The predicted molar refractivity (Wildman–Crippen MR) is 183 cm³/mol. The molecule has 2 amide bonds. The molecule has 5 nitrogen and oxygen atoms in total. The standard InChI is InChI=1S/C38H60N2O3/c1-5-9-12-15-18-19-20-21-24-27-30-43-36-34(37(41)39-28-25-22-16-13-10-6-2)31-33(8-4)32-35(36)38(42)40-29-26-23-17-14-11-7-3/h4,6-7,31-32H,2-3,5,9-30H2,1H3,(H,39,41)(H,40,42). The summed E-state index contributed by atoms with van der Waals surface area (Å²) in [5.41, 5.74) is 1.17. The van der Waals surface area contributed by atoms with Gasteiger partial charge in [0.15, 0.2) is 0 Å². The third-order valence-electron chi connectivity index (χ3n) is 7.73. The van der Waals surface area contributed by atoms with E-state index in [1.165, 1.54) is 51.4 Å². The number of unbranched alkanes of at least 4 members (excludes halogenated alkanes) is 17. The Morgan fingerprint density at radius 3 is 1.56 bits per heavy atom. The molecule has 0 heterocycles. The van der Waals surface area contributed by atoms with Gasteiger partial charge in [-0.2, -0.15) is 0 Å². The molecule has 0 unspecified atom stereocenters. The van der Waals surface area contributed by atoms with E-state index in [-0.39, 0.29) is 11.8 Å².